The fourth-order valence-electron chi connectivity index (χ4n) is 1.87. The fourth-order valence-corrected chi connectivity index (χ4v) is 1.87. The van der Waals surface area contributed by atoms with Crippen LogP contribution in [0.3, 0.4) is 0 Å². The summed E-state index contributed by atoms with van der Waals surface area (Å²) in [4.78, 5) is 8.62. The maximum Gasteiger partial charge on any atom is 0.135 e. The van der Waals surface area contributed by atoms with Crippen LogP contribution in [0.2, 0.25) is 0 Å². The lowest BCUT2D eigenvalue weighted by atomic mass is 10.0. The van der Waals surface area contributed by atoms with Crippen molar-refractivity contribution in [1.29, 1.82) is 0 Å². The van der Waals surface area contributed by atoms with E-state index in [-0.39, 0.29) is 12.6 Å². The van der Waals surface area contributed by atoms with E-state index in [0.717, 1.165) is 36.6 Å². The Morgan fingerprint density at radius 1 is 1.21 bits per heavy atom. The van der Waals surface area contributed by atoms with E-state index in [0.29, 0.717) is 5.92 Å². The number of rotatable bonds is 8. The summed E-state index contributed by atoms with van der Waals surface area (Å²) >= 11 is 0. The van der Waals surface area contributed by atoms with Crippen molar-refractivity contribution in [1.82, 2.24) is 9.97 Å². The molecular formula is C14H26N4O. The van der Waals surface area contributed by atoms with Gasteiger partial charge in [0.2, 0.25) is 0 Å². The van der Waals surface area contributed by atoms with Gasteiger partial charge in [-0.3, -0.25) is 0 Å². The van der Waals surface area contributed by atoms with Crippen molar-refractivity contribution < 1.29 is 5.11 Å². The van der Waals surface area contributed by atoms with Gasteiger partial charge in [-0.2, -0.15) is 0 Å². The maximum absolute atomic E-state index is 9.41. The average Bonchev–Trinajstić information content (AvgIpc) is 2.41. The zero-order valence-corrected chi connectivity index (χ0v) is 12.4. The van der Waals surface area contributed by atoms with Crippen molar-refractivity contribution in [3.05, 3.63) is 11.9 Å². The van der Waals surface area contributed by atoms with Crippen molar-refractivity contribution >= 4 is 11.6 Å². The molecule has 0 aromatic carbocycles. The molecule has 0 aliphatic heterocycles. The Balaban J connectivity index is 2.93. The minimum Gasteiger partial charge on any atom is -0.394 e. The van der Waals surface area contributed by atoms with Crippen LogP contribution in [0.4, 0.5) is 11.6 Å². The number of hydrogen-bond acceptors (Lipinski definition) is 5. The molecule has 108 valence electrons. The van der Waals surface area contributed by atoms with Crippen molar-refractivity contribution in [3.63, 3.8) is 0 Å². The van der Waals surface area contributed by atoms with Gasteiger partial charge in [-0.15, -0.1) is 0 Å². The molecule has 0 aliphatic rings. The summed E-state index contributed by atoms with van der Waals surface area (Å²) in [5.41, 5.74) is 1.08. The first-order valence-corrected chi connectivity index (χ1v) is 7.09. The van der Waals surface area contributed by atoms with Crippen LogP contribution >= 0.6 is 0 Å². The predicted molar refractivity (Wildman–Crippen MR) is 79.5 cm³/mol. The maximum atomic E-state index is 9.41. The second-order valence-corrected chi connectivity index (χ2v) is 5.01. The first kappa shape index (κ1) is 15.7. The zero-order chi connectivity index (χ0) is 14.3. The van der Waals surface area contributed by atoms with E-state index in [1.807, 2.05) is 0 Å². The van der Waals surface area contributed by atoms with Gasteiger partial charge in [-0.25, -0.2) is 9.97 Å². The third-order valence-electron chi connectivity index (χ3n) is 3.16. The third-order valence-corrected chi connectivity index (χ3v) is 3.16. The van der Waals surface area contributed by atoms with Crippen LogP contribution in [0.15, 0.2) is 6.33 Å². The van der Waals surface area contributed by atoms with Crippen LogP contribution < -0.4 is 10.6 Å². The van der Waals surface area contributed by atoms with Crippen molar-refractivity contribution in [2.75, 3.05) is 23.8 Å². The Morgan fingerprint density at radius 2 is 1.89 bits per heavy atom. The van der Waals surface area contributed by atoms with Crippen LogP contribution in [0, 0.1) is 5.92 Å². The Kier molecular flexibility index (Phi) is 6.56. The lowest BCUT2D eigenvalue weighted by molar-refractivity contribution is 0.249. The highest BCUT2D eigenvalue weighted by Crippen LogP contribution is 2.22. The van der Waals surface area contributed by atoms with Crippen LogP contribution in [-0.4, -0.2) is 34.3 Å². The van der Waals surface area contributed by atoms with E-state index in [1.165, 1.54) is 0 Å². The van der Waals surface area contributed by atoms with Crippen molar-refractivity contribution in [2.45, 2.75) is 46.6 Å². The number of aliphatic hydroxyl groups is 1. The molecule has 5 heteroatoms. The number of hydrogen-bond donors (Lipinski definition) is 3. The minimum atomic E-state index is 0.0132. The molecule has 0 saturated carbocycles. The normalized spacial score (nSPS) is 12.5. The highest BCUT2D eigenvalue weighted by atomic mass is 16.3. The van der Waals surface area contributed by atoms with Gasteiger partial charge in [0.15, 0.2) is 0 Å². The largest absolute Gasteiger partial charge is 0.394 e. The molecule has 0 radical (unpaired) electrons. The molecule has 0 saturated heterocycles. The van der Waals surface area contributed by atoms with E-state index in [1.54, 1.807) is 6.33 Å². The lowest BCUT2D eigenvalue weighted by Gasteiger charge is -2.22. The molecule has 0 amide bonds. The Bertz CT molecular complexity index is 382. The number of aromatic nitrogens is 2. The molecule has 0 aliphatic carbocycles. The van der Waals surface area contributed by atoms with E-state index in [2.05, 4.69) is 48.3 Å². The molecule has 0 fully saturated rings. The van der Waals surface area contributed by atoms with Gasteiger partial charge in [0.1, 0.15) is 18.0 Å². The van der Waals surface area contributed by atoms with Gasteiger partial charge in [-0.1, -0.05) is 27.7 Å². The predicted octanol–water partition coefficient (Wildman–Crippen LogP) is 2.29. The highest BCUT2D eigenvalue weighted by molar-refractivity contribution is 5.57. The molecule has 0 bridgehead atoms. The lowest BCUT2D eigenvalue weighted by Crippen LogP contribution is -2.30. The molecule has 0 spiro atoms. The van der Waals surface area contributed by atoms with Gasteiger partial charge >= 0.3 is 0 Å². The van der Waals surface area contributed by atoms with Crippen LogP contribution in [0.25, 0.3) is 0 Å². The average molecular weight is 266 g/mol. The van der Waals surface area contributed by atoms with Crippen LogP contribution in [-0.2, 0) is 6.42 Å². The molecule has 1 aromatic rings. The summed E-state index contributed by atoms with van der Waals surface area (Å²) in [6.45, 7) is 9.37. The fraction of sp³-hybridized carbons (Fsp3) is 0.714. The van der Waals surface area contributed by atoms with E-state index < -0.39 is 0 Å². The molecule has 1 heterocycles. The number of anilines is 2. The SMILES string of the molecule is CCCNc1ncnc(N[C@H](CO)C(C)C)c1CC. The Hall–Kier alpha value is -1.36. The van der Waals surface area contributed by atoms with E-state index in [9.17, 15) is 5.11 Å². The monoisotopic (exact) mass is 266 g/mol. The molecule has 1 aromatic heterocycles. The summed E-state index contributed by atoms with van der Waals surface area (Å²) in [6, 6.07) is 0.0132. The van der Waals surface area contributed by atoms with Gasteiger partial charge < -0.3 is 15.7 Å². The van der Waals surface area contributed by atoms with Gasteiger partial charge in [0.25, 0.3) is 0 Å². The topological polar surface area (TPSA) is 70.1 Å². The van der Waals surface area contributed by atoms with Gasteiger partial charge in [-0.05, 0) is 18.8 Å². The molecule has 5 nitrogen and oxygen atoms in total. The summed E-state index contributed by atoms with van der Waals surface area (Å²) in [7, 11) is 0. The van der Waals surface area contributed by atoms with E-state index >= 15 is 0 Å². The molecule has 1 rings (SSSR count). The second kappa shape index (κ2) is 7.94. The standard InChI is InChI=1S/C14H26N4O/c1-5-7-15-13-11(6-2)14(17-9-16-13)18-12(8-19)10(3)4/h9-10,12,19H,5-8H2,1-4H3,(H2,15,16,17,18)/t12-/m1/s1. The van der Waals surface area contributed by atoms with Crippen LogP contribution in [0.1, 0.15) is 39.7 Å². The smallest absolute Gasteiger partial charge is 0.135 e. The number of nitrogens with one attached hydrogen (secondary N) is 2. The first-order valence-electron chi connectivity index (χ1n) is 7.09. The molecule has 1 atom stereocenters. The zero-order valence-electron chi connectivity index (χ0n) is 12.4. The summed E-state index contributed by atoms with van der Waals surface area (Å²) in [5.74, 6) is 2.06. The van der Waals surface area contributed by atoms with Gasteiger partial charge in [0, 0.05) is 12.1 Å². The van der Waals surface area contributed by atoms with Gasteiger partial charge in [0.05, 0.1) is 12.6 Å². The number of aliphatic hydroxyl groups excluding tert-OH is 1. The molecular weight excluding hydrogens is 240 g/mol. The van der Waals surface area contributed by atoms with Crippen LogP contribution in [0.5, 0.6) is 0 Å². The summed E-state index contributed by atoms with van der Waals surface area (Å²) in [6.07, 6.45) is 3.47. The number of nitrogens with zero attached hydrogens (tertiary/aromatic N) is 2. The minimum absolute atomic E-state index is 0.0132. The van der Waals surface area contributed by atoms with Crippen molar-refractivity contribution in [2.24, 2.45) is 5.92 Å². The first-order chi connectivity index (χ1) is 9.13. The van der Waals surface area contributed by atoms with Crippen molar-refractivity contribution in [3.8, 4) is 0 Å². The quantitative estimate of drug-likeness (QED) is 0.673. The Labute approximate surface area is 115 Å². The van der Waals surface area contributed by atoms with E-state index in [4.69, 9.17) is 0 Å². The summed E-state index contributed by atoms with van der Waals surface area (Å²) in [5, 5.41) is 16.1. The molecule has 19 heavy (non-hydrogen) atoms. The second-order valence-electron chi connectivity index (χ2n) is 5.01. The third kappa shape index (κ3) is 4.35. The highest BCUT2D eigenvalue weighted by Gasteiger charge is 2.16. The Morgan fingerprint density at radius 3 is 2.42 bits per heavy atom. The molecule has 0 unspecified atom stereocenters. The molecule has 3 N–H and O–H groups in total. The summed E-state index contributed by atoms with van der Waals surface area (Å²) < 4.78 is 0.